The SMILES string of the molecule is COc1ccc(/C=C/c2ccc(N=Nc3ccc(N4CCCC4)cc3)cc2)cc1. The van der Waals surface area contributed by atoms with Gasteiger partial charge in [0.25, 0.3) is 0 Å². The molecule has 4 rings (SSSR count). The van der Waals surface area contributed by atoms with E-state index in [0.29, 0.717) is 0 Å². The number of methoxy groups -OCH3 is 1. The van der Waals surface area contributed by atoms with Gasteiger partial charge in [0, 0.05) is 18.8 Å². The Bertz CT molecular complexity index is 968. The zero-order valence-corrected chi connectivity index (χ0v) is 16.7. The largest absolute Gasteiger partial charge is 0.497 e. The Morgan fingerprint density at radius 1 is 0.690 bits per heavy atom. The Hall–Kier alpha value is -3.40. The van der Waals surface area contributed by atoms with Gasteiger partial charge >= 0.3 is 0 Å². The number of ether oxygens (including phenoxy) is 1. The number of anilines is 1. The maximum atomic E-state index is 5.18. The van der Waals surface area contributed by atoms with Crippen molar-refractivity contribution in [1.29, 1.82) is 0 Å². The number of rotatable bonds is 6. The summed E-state index contributed by atoms with van der Waals surface area (Å²) >= 11 is 0. The van der Waals surface area contributed by atoms with Crippen LogP contribution >= 0.6 is 0 Å². The topological polar surface area (TPSA) is 37.2 Å². The van der Waals surface area contributed by atoms with Gasteiger partial charge in [-0.1, -0.05) is 36.4 Å². The predicted octanol–water partition coefficient (Wildman–Crippen LogP) is 6.88. The van der Waals surface area contributed by atoms with Crippen molar-refractivity contribution >= 4 is 29.2 Å². The summed E-state index contributed by atoms with van der Waals surface area (Å²) in [7, 11) is 1.67. The van der Waals surface area contributed by atoms with Crippen LogP contribution < -0.4 is 9.64 Å². The Labute approximate surface area is 172 Å². The molecule has 4 nitrogen and oxygen atoms in total. The third-order valence-corrected chi connectivity index (χ3v) is 5.08. The lowest BCUT2D eigenvalue weighted by Gasteiger charge is -2.17. The summed E-state index contributed by atoms with van der Waals surface area (Å²) in [4.78, 5) is 2.42. The van der Waals surface area contributed by atoms with E-state index in [4.69, 9.17) is 4.74 Å². The number of azo groups is 1. The van der Waals surface area contributed by atoms with E-state index >= 15 is 0 Å². The van der Waals surface area contributed by atoms with Gasteiger partial charge in [-0.15, -0.1) is 0 Å². The average molecular weight is 383 g/mol. The molecule has 0 bridgehead atoms. The average Bonchev–Trinajstić information content (AvgIpc) is 3.33. The fraction of sp³-hybridized carbons (Fsp3) is 0.200. The Kier molecular flexibility index (Phi) is 6.01. The maximum Gasteiger partial charge on any atom is 0.118 e. The highest BCUT2D eigenvalue weighted by atomic mass is 16.5. The van der Waals surface area contributed by atoms with Gasteiger partial charge in [-0.3, -0.25) is 0 Å². The van der Waals surface area contributed by atoms with Gasteiger partial charge in [-0.2, -0.15) is 10.2 Å². The van der Waals surface area contributed by atoms with Crippen molar-refractivity contribution in [3.63, 3.8) is 0 Å². The first-order valence-electron chi connectivity index (χ1n) is 9.99. The van der Waals surface area contributed by atoms with Crippen molar-refractivity contribution in [1.82, 2.24) is 0 Å². The molecule has 1 saturated heterocycles. The number of hydrogen-bond acceptors (Lipinski definition) is 4. The number of nitrogens with zero attached hydrogens (tertiary/aromatic N) is 3. The number of benzene rings is 3. The summed E-state index contributed by atoms with van der Waals surface area (Å²) in [6.45, 7) is 2.31. The highest BCUT2D eigenvalue weighted by Crippen LogP contribution is 2.25. The lowest BCUT2D eigenvalue weighted by Crippen LogP contribution is -2.17. The first-order chi connectivity index (χ1) is 14.3. The third-order valence-electron chi connectivity index (χ3n) is 5.08. The Balaban J connectivity index is 1.36. The molecule has 4 heteroatoms. The van der Waals surface area contributed by atoms with E-state index in [1.54, 1.807) is 7.11 Å². The second-order valence-corrected chi connectivity index (χ2v) is 7.11. The Morgan fingerprint density at radius 3 is 1.69 bits per heavy atom. The lowest BCUT2D eigenvalue weighted by atomic mass is 10.1. The molecule has 1 aliphatic heterocycles. The molecule has 0 aromatic heterocycles. The van der Waals surface area contributed by atoms with E-state index in [9.17, 15) is 0 Å². The summed E-state index contributed by atoms with van der Waals surface area (Å²) in [5.74, 6) is 0.863. The van der Waals surface area contributed by atoms with Crippen LogP contribution in [0.15, 0.2) is 83.0 Å². The third kappa shape index (κ3) is 5.11. The summed E-state index contributed by atoms with van der Waals surface area (Å²) in [6, 6.07) is 24.4. The smallest absolute Gasteiger partial charge is 0.118 e. The summed E-state index contributed by atoms with van der Waals surface area (Å²) < 4.78 is 5.18. The zero-order chi connectivity index (χ0) is 19.9. The normalized spacial score (nSPS) is 14.2. The molecule has 0 atom stereocenters. The highest BCUT2D eigenvalue weighted by molar-refractivity contribution is 5.70. The summed E-state index contributed by atoms with van der Waals surface area (Å²) in [5.41, 5.74) is 5.24. The molecule has 1 aliphatic rings. The van der Waals surface area contributed by atoms with Crippen LogP contribution in [0.5, 0.6) is 5.75 Å². The van der Waals surface area contributed by atoms with E-state index in [0.717, 1.165) is 41.3 Å². The Morgan fingerprint density at radius 2 is 1.17 bits per heavy atom. The predicted molar refractivity (Wildman–Crippen MR) is 120 cm³/mol. The van der Waals surface area contributed by atoms with Gasteiger partial charge in [0.15, 0.2) is 0 Å². The molecule has 0 spiro atoms. The molecule has 3 aromatic carbocycles. The van der Waals surface area contributed by atoms with Gasteiger partial charge in [0.2, 0.25) is 0 Å². The van der Waals surface area contributed by atoms with Crippen molar-refractivity contribution in [2.75, 3.05) is 25.1 Å². The molecule has 0 aliphatic carbocycles. The highest BCUT2D eigenvalue weighted by Gasteiger charge is 2.11. The van der Waals surface area contributed by atoms with Gasteiger partial charge in [-0.05, 0) is 72.5 Å². The fourth-order valence-corrected chi connectivity index (χ4v) is 3.38. The first kappa shape index (κ1) is 18.9. The van der Waals surface area contributed by atoms with E-state index in [1.807, 2.05) is 60.7 Å². The van der Waals surface area contributed by atoms with Gasteiger partial charge in [0.05, 0.1) is 18.5 Å². The van der Waals surface area contributed by atoms with Gasteiger partial charge < -0.3 is 9.64 Å². The molecule has 3 aromatic rings. The van der Waals surface area contributed by atoms with Crippen molar-refractivity contribution in [3.8, 4) is 5.75 Å². The summed E-state index contributed by atoms with van der Waals surface area (Å²) in [6.07, 6.45) is 6.73. The van der Waals surface area contributed by atoms with Crippen molar-refractivity contribution in [2.24, 2.45) is 10.2 Å². The molecular formula is C25H25N3O. The lowest BCUT2D eigenvalue weighted by molar-refractivity contribution is 0.415. The van der Waals surface area contributed by atoms with E-state index in [1.165, 1.54) is 18.5 Å². The molecule has 0 radical (unpaired) electrons. The monoisotopic (exact) mass is 383 g/mol. The quantitative estimate of drug-likeness (QED) is 0.343. The maximum absolute atomic E-state index is 5.18. The van der Waals surface area contributed by atoms with Crippen LogP contribution in [0.25, 0.3) is 12.2 Å². The molecule has 0 saturated carbocycles. The number of hydrogen-bond donors (Lipinski definition) is 0. The molecule has 1 heterocycles. The van der Waals surface area contributed by atoms with Crippen LogP contribution in [0.2, 0.25) is 0 Å². The minimum absolute atomic E-state index is 0.843. The second-order valence-electron chi connectivity index (χ2n) is 7.11. The van der Waals surface area contributed by atoms with Crippen molar-refractivity contribution < 1.29 is 4.74 Å². The molecule has 146 valence electrons. The molecule has 1 fully saturated rings. The van der Waals surface area contributed by atoms with E-state index < -0.39 is 0 Å². The van der Waals surface area contributed by atoms with E-state index in [-0.39, 0.29) is 0 Å². The van der Waals surface area contributed by atoms with Crippen LogP contribution in [0.1, 0.15) is 24.0 Å². The molecule has 29 heavy (non-hydrogen) atoms. The first-order valence-corrected chi connectivity index (χ1v) is 9.99. The standard InChI is InChI=1S/C25H25N3O/c1-29-25-16-8-21(9-17-25)5-4-20-6-10-22(11-7-20)26-27-23-12-14-24(15-13-23)28-18-2-3-19-28/h4-17H,2-3,18-19H2,1H3/b5-4+,27-26?. The fourth-order valence-electron chi connectivity index (χ4n) is 3.38. The van der Waals surface area contributed by atoms with Crippen LogP contribution in [0.4, 0.5) is 17.1 Å². The van der Waals surface area contributed by atoms with Crippen LogP contribution in [-0.4, -0.2) is 20.2 Å². The van der Waals surface area contributed by atoms with Crippen LogP contribution in [-0.2, 0) is 0 Å². The second kappa shape index (κ2) is 9.20. The summed E-state index contributed by atoms with van der Waals surface area (Å²) in [5, 5.41) is 8.72. The molecule has 0 unspecified atom stereocenters. The van der Waals surface area contributed by atoms with Gasteiger partial charge in [0.1, 0.15) is 5.75 Å². The molecule has 0 N–H and O–H groups in total. The van der Waals surface area contributed by atoms with Crippen molar-refractivity contribution in [2.45, 2.75) is 12.8 Å². The van der Waals surface area contributed by atoms with Crippen LogP contribution in [0.3, 0.4) is 0 Å². The minimum Gasteiger partial charge on any atom is -0.497 e. The molecular weight excluding hydrogens is 358 g/mol. The van der Waals surface area contributed by atoms with Crippen molar-refractivity contribution in [3.05, 3.63) is 83.9 Å². The van der Waals surface area contributed by atoms with E-state index in [2.05, 4.69) is 39.4 Å². The minimum atomic E-state index is 0.843. The molecule has 0 amide bonds. The van der Waals surface area contributed by atoms with Crippen LogP contribution in [0, 0.1) is 0 Å². The van der Waals surface area contributed by atoms with Gasteiger partial charge in [-0.25, -0.2) is 0 Å². The zero-order valence-electron chi connectivity index (χ0n) is 16.7.